The van der Waals surface area contributed by atoms with Crippen molar-refractivity contribution in [2.75, 3.05) is 12.0 Å². The Hall–Kier alpha value is -3.45. The Bertz CT molecular complexity index is 1010. The van der Waals surface area contributed by atoms with Crippen LogP contribution in [0.4, 0.5) is 16.2 Å². The molecule has 0 unspecified atom stereocenters. The van der Waals surface area contributed by atoms with Gasteiger partial charge < -0.3 is 4.74 Å². The predicted molar refractivity (Wildman–Crippen MR) is 113 cm³/mol. The number of hydrogen-bond donors (Lipinski definition) is 2. The van der Waals surface area contributed by atoms with Crippen LogP contribution in [0.1, 0.15) is 5.56 Å². The van der Waals surface area contributed by atoms with Crippen LogP contribution in [0.5, 0.6) is 5.75 Å². The van der Waals surface area contributed by atoms with E-state index in [9.17, 15) is 9.59 Å². The quantitative estimate of drug-likeness (QED) is 0.638. The third-order valence-corrected chi connectivity index (χ3v) is 5.60. The number of anilines is 2. The zero-order valence-corrected chi connectivity index (χ0v) is 16.5. The molecule has 1 heterocycles. The lowest BCUT2D eigenvalue weighted by Gasteiger charge is -2.30. The maximum absolute atomic E-state index is 12.9. The number of methoxy groups -OCH3 is 1. The first kappa shape index (κ1) is 18.9. The van der Waals surface area contributed by atoms with Gasteiger partial charge >= 0.3 is 6.03 Å². The first-order valence-electron chi connectivity index (χ1n) is 9.03. The first-order chi connectivity index (χ1) is 14.2. The number of nitrogens with one attached hydrogen (secondary N) is 2. The van der Waals surface area contributed by atoms with Gasteiger partial charge in [0.05, 0.1) is 24.9 Å². The van der Waals surface area contributed by atoms with Crippen molar-refractivity contribution < 1.29 is 14.3 Å². The SMILES string of the molecule is COc1ccc(CC(=O)NNC(=O)N2c3ccccc3Sc3ccccc32)cc1. The molecule has 1 aliphatic rings. The smallest absolute Gasteiger partial charge is 0.345 e. The maximum atomic E-state index is 12.9. The van der Waals surface area contributed by atoms with Gasteiger partial charge in [0.1, 0.15) is 5.75 Å². The lowest BCUT2D eigenvalue weighted by atomic mass is 10.1. The van der Waals surface area contributed by atoms with Crippen molar-refractivity contribution in [1.29, 1.82) is 0 Å². The van der Waals surface area contributed by atoms with Crippen LogP contribution in [0, 0.1) is 0 Å². The van der Waals surface area contributed by atoms with E-state index in [2.05, 4.69) is 10.9 Å². The third kappa shape index (κ3) is 4.05. The number of hydrazine groups is 1. The number of urea groups is 1. The number of rotatable bonds is 3. The zero-order valence-electron chi connectivity index (χ0n) is 15.7. The fourth-order valence-electron chi connectivity index (χ4n) is 3.08. The van der Waals surface area contributed by atoms with Gasteiger partial charge in [-0.2, -0.15) is 0 Å². The van der Waals surface area contributed by atoms with Gasteiger partial charge in [-0.05, 0) is 42.0 Å². The Morgan fingerprint density at radius 1 is 0.862 bits per heavy atom. The molecular weight excluding hydrogens is 386 g/mol. The minimum Gasteiger partial charge on any atom is -0.497 e. The Balaban J connectivity index is 1.46. The van der Waals surface area contributed by atoms with Crippen molar-refractivity contribution in [2.45, 2.75) is 16.2 Å². The number of benzene rings is 3. The van der Waals surface area contributed by atoms with Gasteiger partial charge in [-0.25, -0.2) is 10.2 Å². The summed E-state index contributed by atoms with van der Waals surface area (Å²) in [5.41, 5.74) is 7.40. The van der Waals surface area contributed by atoms with E-state index < -0.39 is 6.03 Å². The van der Waals surface area contributed by atoms with Crippen molar-refractivity contribution in [1.82, 2.24) is 10.9 Å². The molecule has 0 saturated carbocycles. The number of carbonyl (C=O) groups is 2. The molecule has 146 valence electrons. The van der Waals surface area contributed by atoms with E-state index in [-0.39, 0.29) is 12.3 Å². The summed E-state index contributed by atoms with van der Waals surface area (Å²) in [7, 11) is 1.59. The van der Waals surface area contributed by atoms with Crippen LogP contribution < -0.4 is 20.5 Å². The number of carbonyl (C=O) groups excluding carboxylic acids is 2. The molecule has 4 rings (SSSR count). The van der Waals surface area contributed by atoms with Crippen LogP contribution in [-0.2, 0) is 11.2 Å². The normalized spacial score (nSPS) is 11.8. The summed E-state index contributed by atoms with van der Waals surface area (Å²) >= 11 is 1.61. The number of amides is 3. The number of hydrogen-bond acceptors (Lipinski definition) is 4. The number of para-hydroxylation sites is 2. The van der Waals surface area contributed by atoms with Crippen LogP contribution in [0.25, 0.3) is 0 Å². The van der Waals surface area contributed by atoms with Crippen molar-refractivity contribution in [3.8, 4) is 5.75 Å². The molecule has 0 fully saturated rings. The first-order valence-corrected chi connectivity index (χ1v) is 9.85. The molecule has 3 aromatic rings. The van der Waals surface area contributed by atoms with Crippen LogP contribution in [0.3, 0.4) is 0 Å². The fourth-order valence-corrected chi connectivity index (χ4v) is 4.13. The Labute approximate surface area is 172 Å². The summed E-state index contributed by atoms with van der Waals surface area (Å²) in [4.78, 5) is 28.7. The average molecular weight is 405 g/mol. The topological polar surface area (TPSA) is 70.7 Å². The summed E-state index contributed by atoms with van der Waals surface area (Å²) in [6, 6.07) is 22.1. The highest BCUT2D eigenvalue weighted by atomic mass is 32.2. The summed E-state index contributed by atoms with van der Waals surface area (Å²) < 4.78 is 5.11. The Morgan fingerprint density at radius 3 is 2.03 bits per heavy atom. The lowest BCUT2D eigenvalue weighted by Crippen LogP contribution is -2.48. The molecule has 0 bridgehead atoms. The van der Waals surface area contributed by atoms with E-state index in [0.29, 0.717) is 0 Å². The molecular formula is C22H19N3O3S. The number of ether oxygens (including phenoxy) is 1. The Kier molecular flexibility index (Phi) is 5.39. The summed E-state index contributed by atoms with van der Waals surface area (Å²) in [6.07, 6.45) is 0.146. The van der Waals surface area contributed by atoms with Gasteiger partial charge in [-0.15, -0.1) is 0 Å². The van der Waals surface area contributed by atoms with Gasteiger partial charge in [0, 0.05) is 9.79 Å². The standard InChI is InChI=1S/C22H19N3O3S/c1-28-16-12-10-15(11-13-16)14-21(26)23-24-22(27)25-17-6-2-4-8-19(17)29-20-9-5-3-7-18(20)25/h2-13H,14H2,1H3,(H,23,26)(H,24,27). The minimum absolute atomic E-state index is 0.146. The van der Waals surface area contributed by atoms with Crippen LogP contribution in [0.15, 0.2) is 82.6 Å². The molecule has 0 aliphatic carbocycles. The second-order valence-electron chi connectivity index (χ2n) is 6.38. The molecule has 0 saturated heterocycles. The number of nitrogens with zero attached hydrogens (tertiary/aromatic N) is 1. The van der Waals surface area contributed by atoms with Gasteiger partial charge in [0.25, 0.3) is 0 Å². The van der Waals surface area contributed by atoms with E-state index in [1.807, 2.05) is 60.7 Å². The van der Waals surface area contributed by atoms with E-state index in [4.69, 9.17) is 4.74 Å². The van der Waals surface area contributed by atoms with Crippen LogP contribution in [-0.4, -0.2) is 19.0 Å². The molecule has 1 aliphatic heterocycles. The molecule has 2 N–H and O–H groups in total. The minimum atomic E-state index is -0.423. The van der Waals surface area contributed by atoms with Gasteiger partial charge in [0.2, 0.25) is 5.91 Å². The monoisotopic (exact) mass is 405 g/mol. The fraction of sp³-hybridized carbons (Fsp3) is 0.0909. The van der Waals surface area contributed by atoms with E-state index in [1.54, 1.807) is 35.9 Å². The average Bonchev–Trinajstić information content (AvgIpc) is 2.76. The van der Waals surface area contributed by atoms with Crippen LogP contribution in [0.2, 0.25) is 0 Å². The number of fused-ring (bicyclic) bond motifs is 2. The molecule has 0 radical (unpaired) electrons. The predicted octanol–water partition coefficient (Wildman–Crippen LogP) is 4.28. The molecule has 6 nitrogen and oxygen atoms in total. The van der Waals surface area contributed by atoms with E-state index in [0.717, 1.165) is 32.5 Å². The lowest BCUT2D eigenvalue weighted by molar-refractivity contribution is -0.121. The molecule has 3 amide bonds. The van der Waals surface area contributed by atoms with Gasteiger partial charge in [0.15, 0.2) is 0 Å². The second kappa shape index (κ2) is 8.28. The molecule has 0 spiro atoms. The zero-order chi connectivity index (χ0) is 20.2. The van der Waals surface area contributed by atoms with Crippen LogP contribution >= 0.6 is 11.8 Å². The molecule has 29 heavy (non-hydrogen) atoms. The van der Waals surface area contributed by atoms with Crippen molar-refractivity contribution >= 4 is 35.1 Å². The highest BCUT2D eigenvalue weighted by Gasteiger charge is 2.28. The summed E-state index contributed by atoms with van der Waals surface area (Å²) in [5, 5.41) is 0. The maximum Gasteiger partial charge on any atom is 0.345 e. The van der Waals surface area contributed by atoms with Crippen molar-refractivity contribution in [2.24, 2.45) is 0 Å². The molecule has 3 aromatic carbocycles. The van der Waals surface area contributed by atoms with E-state index in [1.165, 1.54) is 0 Å². The van der Waals surface area contributed by atoms with E-state index >= 15 is 0 Å². The second-order valence-corrected chi connectivity index (χ2v) is 7.46. The summed E-state index contributed by atoms with van der Waals surface area (Å²) in [6.45, 7) is 0. The largest absolute Gasteiger partial charge is 0.497 e. The Morgan fingerprint density at radius 2 is 1.45 bits per heavy atom. The van der Waals surface area contributed by atoms with Gasteiger partial charge in [-0.3, -0.25) is 15.1 Å². The van der Waals surface area contributed by atoms with Crippen molar-refractivity contribution in [3.63, 3.8) is 0 Å². The molecule has 0 atom stereocenters. The molecule has 7 heteroatoms. The highest BCUT2D eigenvalue weighted by molar-refractivity contribution is 7.99. The van der Waals surface area contributed by atoms with Gasteiger partial charge in [-0.1, -0.05) is 48.2 Å². The summed E-state index contributed by atoms with van der Waals surface area (Å²) in [5.74, 6) is 0.416. The highest BCUT2D eigenvalue weighted by Crippen LogP contribution is 2.47. The third-order valence-electron chi connectivity index (χ3n) is 4.47. The van der Waals surface area contributed by atoms with Crippen molar-refractivity contribution in [3.05, 3.63) is 78.4 Å². The molecule has 0 aromatic heterocycles.